The summed E-state index contributed by atoms with van der Waals surface area (Å²) < 4.78 is 0. The first-order valence-corrected chi connectivity index (χ1v) is 5.19. The molecule has 2 heteroatoms. The highest BCUT2D eigenvalue weighted by atomic mass is 14.7. The lowest BCUT2D eigenvalue weighted by atomic mass is 9.86. The van der Waals surface area contributed by atoms with Gasteiger partial charge in [-0.2, -0.15) is 5.26 Å². The van der Waals surface area contributed by atoms with Crippen molar-refractivity contribution in [1.82, 2.24) is 4.98 Å². The van der Waals surface area contributed by atoms with Gasteiger partial charge >= 0.3 is 0 Å². The Hall–Kier alpha value is -1.36. The molecule has 2 rings (SSSR count). The summed E-state index contributed by atoms with van der Waals surface area (Å²) >= 11 is 0. The van der Waals surface area contributed by atoms with Crippen molar-refractivity contribution in [3.05, 3.63) is 29.6 Å². The average Bonchev–Trinajstić information content (AvgIpc) is 2.30. The third kappa shape index (κ3) is 1.93. The van der Waals surface area contributed by atoms with E-state index in [0.717, 1.165) is 5.69 Å². The molecule has 1 aliphatic rings. The van der Waals surface area contributed by atoms with Gasteiger partial charge in [0.1, 0.15) is 12.3 Å². The van der Waals surface area contributed by atoms with Crippen LogP contribution >= 0.6 is 0 Å². The quantitative estimate of drug-likeness (QED) is 0.674. The lowest BCUT2D eigenvalue weighted by Crippen LogP contribution is -2.06. The molecule has 0 amide bonds. The highest BCUT2D eigenvalue weighted by Gasteiger charge is 2.16. The van der Waals surface area contributed by atoms with Gasteiger partial charge in [-0.3, -0.25) is 0 Å². The minimum absolute atomic E-state index is 0.532. The summed E-state index contributed by atoms with van der Waals surface area (Å²) in [6, 6.07) is 5.83. The summed E-state index contributed by atoms with van der Waals surface area (Å²) in [6.07, 6.45) is 9.24. The average molecular weight is 185 g/mol. The van der Waals surface area contributed by atoms with E-state index in [4.69, 9.17) is 5.26 Å². The number of nitriles is 1. The van der Waals surface area contributed by atoms with Crippen molar-refractivity contribution in [2.45, 2.75) is 38.0 Å². The molecule has 14 heavy (non-hydrogen) atoms. The normalized spacial score (nSPS) is 17.6. The number of hydrogen-bond donors (Lipinski definition) is 0. The first kappa shape index (κ1) is 9.21. The van der Waals surface area contributed by atoms with Crippen molar-refractivity contribution in [2.75, 3.05) is 0 Å². The molecular formula is C12H13N2. The molecular weight excluding hydrogens is 172 g/mol. The molecule has 1 radical (unpaired) electrons. The summed E-state index contributed by atoms with van der Waals surface area (Å²) in [4.78, 5) is 4.23. The third-order valence-electron chi connectivity index (χ3n) is 2.87. The molecule has 0 N–H and O–H groups in total. The fraction of sp³-hybridized carbons (Fsp3) is 0.500. The molecule has 0 bridgehead atoms. The van der Waals surface area contributed by atoms with Crippen molar-refractivity contribution in [3.8, 4) is 6.07 Å². The standard InChI is InChI=1S/C12H13N2/c13-8-10-6-7-12(14-9-10)11-4-2-1-3-5-11/h6-7,11H,1-5H2. The van der Waals surface area contributed by atoms with E-state index in [9.17, 15) is 0 Å². The number of pyridine rings is 1. The molecule has 0 aromatic carbocycles. The Bertz CT molecular complexity index is 328. The number of aromatic nitrogens is 1. The first-order chi connectivity index (χ1) is 6.90. The van der Waals surface area contributed by atoms with Crippen LogP contribution in [0.25, 0.3) is 0 Å². The monoisotopic (exact) mass is 185 g/mol. The second-order valence-electron chi connectivity index (χ2n) is 3.84. The molecule has 1 aromatic rings. The second-order valence-corrected chi connectivity index (χ2v) is 3.84. The Labute approximate surface area is 84.6 Å². The van der Waals surface area contributed by atoms with Crippen LogP contribution in [0.4, 0.5) is 0 Å². The Morgan fingerprint density at radius 1 is 1.29 bits per heavy atom. The molecule has 0 unspecified atom stereocenters. The van der Waals surface area contributed by atoms with E-state index in [1.807, 2.05) is 18.2 Å². The largest absolute Gasteiger partial charge is 0.249 e. The maximum atomic E-state index is 8.62. The Morgan fingerprint density at radius 2 is 2.07 bits per heavy atom. The van der Waals surface area contributed by atoms with Crippen LogP contribution in [-0.2, 0) is 0 Å². The van der Waals surface area contributed by atoms with Gasteiger partial charge < -0.3 is 0 Å². The van der Waals surface area contributed by atoms with Gasteiger partial charge in [0, 0.05) is 11.6 Å². The zero-order chi connectivity index (χ0) is 9.80. The van der Waals surface area contributed by atoms with E-state index in [1.165, 1.54) is 32.1 Å². The van der Waals surface area contributed by atoms with Gasteiger partial charge in [0.15, 0.2) is 0 Å². The van der Waals surface area contributed by atoms with E-state index in [-0.39, 0.29) is 0 Å². The Morgan fingerprint density at radius 3 is 2.64 bits per heavy atom. The van der Waals surface area contributed by atoms with Crippen molar-refractivity contribution < 1.29 is 0 Å². The van der Waals surface area contributed by atoms with Crippen molar-refractivity contribution in [2.24, 2.45) is 0 Å². The number of hydrogen-bond acceptors (Lipinski definition) is 2. The maximum absolute atomic E-state index is 8.62. The van der Waals surface area contributed by atoms with Crippen LogP contribution in [0.3, 0.4) is 0 Å². The van der Waals surface area contributed by atoms with Gasteiger partial charge in [-0.25, -0.2) is 4.98 Å². The van der Waals surface area contributed by atoms with E-state index in [1.54, 1.807) is 0 Å². The van der Waals surface area contributed by atoms with E-state index >= 15 is 0 Å². The number of nitrogens with zero attached hydrogens (tertiary/aromatic N) is 2. The second kappa shape index (κ2) is 4.23. The smallest absolute Gasteiger partial charge is 0.108 e. The molecule has 1 fully saturated rings. The minimum atomic E-state index is 0.532. The third-order valence-corrected chi connectivity index (χ3v) is 2.87. The molecule has 0 atom stereocenters. The van der Waals surface area contributed by atoms with Crippen molar-refractivity contribution >= 4 is 0 Å². The minimum Gasteiger partial charge on any atom is -0.249 e. The zero-order valence-corrected chi connectivity index (χ0v) is 8.16. The lowest BCUT2D eigenvalue weighted by Gasteiger charge is -2.20. The fourth-order valence-corrected chi connectivity index (χ4v) is 2.06. The van der Waals surface area contributed by atoms with Crippen LogP contribution in [-0.4, -0.2) is 4.98 Å². The van der Waals surface area contributed by atoms with Crippen molar-refractivity contribution in [1.29, 1.82) is 5.26 Å². The molecule has 71 valence electrons. The van der Waals surface area contributed by atoms with Gasteiger partial charge in [0.25, 0.3) is 0 Å². The highest BCUT2D eigenvalue weighted by Crippen LogP contribution is 2.31. The van der Waals surface area contributed by atoms with Crippen LogP contribution in [0, 0.1) is 17.5 Å². The molecule has 0 aliphatic heterocycles. The summed E-state index contributed by atoms with van der Waals surface area (Å²) in [7, 11) is 0. The predicted molar refractivity (Wildman–Crippen MR) is 53.6 cm³/mol. The van der Waals surface area contributed by atoms with E-state index in [0.29, 0.717) is 11.5 Å². The first-order valence-electron chi connectivity index (χ1n) is 5.19. The highest BCUT2D eigenvalue weighted by molar-refractivity contribution is 5.26. The molecule has 1 saturated carbocycles. The zero-order valence-electron chi connectivity index (χ0n) is 8.16. The predicted octanol–water partition coefficient (Wildman–Crippen LogP) is 2.80. The molecule has 0 saturated heterocycles. The van der Waals surface area contributed by atoms with Crippen LogP contribution in [0.15, 0.2) is 12.1 Å². The summed E-state index contributed by atoms with van der Waals surface area (Å²) in [5.74, 6) is 0.604. The van der Waals surface area contributed by atoms with Gasteiger partial charge in [-0.15, -0.1) is 0 Å². The number of rotatable bonds is 1. The Kier molecular flexibility index (Phi) is 2.78. The van der Waals surface area contributed by atoms with E-state index in [2.05, 4.69) is 11.2 Å². The fourth-order valence-electron chi connectivity index (χ4n) is 2.06. The van der Waals surface area contributed by atoms with Gasteiger partial charge in [0.05, 0.1) is 5.56 Å². The molecule has 0 spiro atoms. The van der Waals surface area contributed by atoms with Crippen molar-refractivity contribution in [3.63, 3.8) is 0 Å². The molecule has 1 heterocycles. The van der Waals surface area contributed by atoms with Crippen LogP contribution in [0.2, 0.25) is 0 Å². The maximum Gasteiger partial charge on any atom is 0.108 e. The SMILES string of the molecule is N#Cc1[c]nc(C2CCCCC2)cc1. The molecule has 1 aliphatic carbocycles. The summed E-state index contributed by atoms with van der Waals surface area (Å²) in [5.41, 5.74) is 1.65. The lowest BCUT2D eigenvalue weighted by molar-refractivity contribution is 0.436. The van der Waals surface area contributed by atoms with Crippen LogP contribution in [0.5, 0.6) is 0 Å². The summed E-state index contributed by atoms with van der Waals surface area (Å²) in [6.45, 7) is 0. The molecule has 1 aromatic heterocycles. The summed E-state index contributed by atoms with van der Waals surface area (Å²) in [5, 5.41) is 8.62. The van der Waals surface area contributed by atoms with Gasteiger partial charge in [-0.1, -0.05) is 19.3 Å². The Balaban J connectivity index is 2.12. The van der Waals surface area contributed by atoms with E-state index < -0.39 is 0 Å². The van der Waals surface area contributed by atoms with Crippen LogP contribution < -0.4 is 0 Å². The van der Waals surface area contributed by atoms with Gasteiger partial charge in [-0.05, 0) is 25.0 Å². The van der Waals surface area contributed by atoms with Gasteiger partial charge in [0.2, 0.25) is 0 Å². The van der Waals surface area contributed by atoms with Crippen LogP contribution in [0.1, 0.15) is 49.3 Å². The topological polar surface area (TPSA) is 36.7 Å². The molecule has 2 nitrogen and oxygen atoms in total.